The first kappa shape index (κ1) is 9.78. The van der Waals surface area contributed by atoms with E-state index in [-0.39, 0.29) is 11.7 Å². The molecule has 0 atom stereocenters. The molecule has 0 fully saturated rings. The van der Waals surface area contributed by atoms with Crippen LogP contribution in [0.1, 0.15) is 13.8 Å². The van der Waals surface area contributed by atoms with E-state index >= 15 is 0 Å². The van der Waals surface area contributed by atoms with E-state index in [0.717, 1.165) is 0 Å². The van der Waals surface area contributed by atoms with Gasteiger partial charge in [0.1, 0.15) is 0 Å². The lowest BCUT2D eigenvalue weighted by Gasteiger charge is -2.07. The van der Waals surface area contributed by atoms with Crippen LogP contribution in [0.5, 0.6) is 0 Å². The first-order chi connectivity index (χ1) is 4.66. The van der Waals surface area contributed by atoms with Crippen LogP contribution in [0.15, 0.2) is 0 Å². The van der Waals surface area contributed by atoms with Crippen molar-refractivity contribution in [1.29, 1.82) is 0 Å². The van der Waals surface area contributed by atoms with Gasteiger partial charge in [-0.05, 0) is 13.8 Å². The third kappa shape index (κ3) is 5.91. The molecule has 2 N–H and O–H groups in total. The average Bonchev–Trinajstić information content (AvgIpc) is 1.87. The Bertz CT molecular complexity index is 106. The zero-order chi connectivity index (χ0) is 7.98. The van der Waals surface area contributed by atoms with Gasteiger partial charge in [0.2, 0.25) is 5.91 Å². The normalized spacial score (nSPS) is 10.0. The molecule has 0 spiro atoms. The van der Waals surface area contributed by atoms with Gasteiger partial charge in [-0.2, -0.15) is 12.6 Å². The summed E-state index contributed by atoms with van der Waals surface area (Å²) >= 11 is 3.80. The van der Waals surface area contributed by atoms with E-state index < -0.39 is 0 Å². The van der Waals surface area contributed by atoms with Crippen LogP contribution in [-0.2, 0) is 4.79 Å². The van der Waals surface area contributed by atoms with E-state index in [1.54, 1.807) is 0 Å². The van der Waals surface area contributed by atoms with Gasteiger partial charge in [-0.1, -0.05) is 0 Å². The fourth-order valence-electron chi connectivity index (χ4n) is 0.410. The number of nitrogens with one attached hydrogen (secondary N) is 2. The average molecular weight is 162 g/mol. The van der Waals surface area contributed by atoms with Crippen molar-refractivity contribution in [2.24, 2.45) is 0 Å². The molecule has 0 radical (unpaired) electrons. The summed E-state index contributed by atoms with van der Waals surface area (Å²) in [7, 11) is 0. The van der Waals surface area contributed by atoms with Crippen LogP contribution in [-0.4, -0.2) is 24.4 Å². The molecule has 0 bridgehead atoms. The SMILES string of the molecule is CC(C)NCNC(=O)CS. The van der Waals surface area contributed by atoms with Crippen LogP contribution < -0.4 is 10.6 Å². The highest BCUT2D eigenvalue weighted by Gasteiger charge is 1.95. The van der Waals surface area contributed by atoms with Crippen molar-refractivity contribution in [3.63, 3.8) is 0 Å². The summed E-state index contributed by atoms with van der Waals surface area (Å²) in [6.45, 7) is 4.57. The van der Waals surface area contributed by atoms with E-state index in [9.17, 15) is 4.79 Å². The van der Waals surface area contributed by atoms with Gasteiger partial charge in [-0.25, -0.2) is 0 Å². The van der Waals surface area contributed by atoms with Crippen molar-refractivity contribution < 1.29 is 4.79 Å². The molecule has 0 aromatic rings. The Morgan fingerprint density at radius 1 is 1.60 bits per heavy atom. The van der Waals surface area contributed by atoms with Gasteiger partial charge in [0.25, 0.3) is 0 Å². The molecule has 0 heterocycles. The summed E-state index contributed by atoms with van der Waals surface area (Å²) in [5.74, 6) is 0.205. The molecular weight excluding hydrogens is 148 g/mol. The molecule has 0 saturated carbocycles. The van der Waals surface area contributed by atoms with Crippen LogP contribution in [0.3, 0.4) is 0 Å². The molecule has 0 rings (SSSR count). The minimum absolute atomic E-state index is 0.0449. The minimum atomic E-state index is -0.0449. The van der Waals surface area contributed by atoms with E-state index in [0.29, 0.717) is 12.7 Å². The Kier molecular flexibility index (Phi) is 5.43. The van der Waals surface area contributed by atoms with Crippen molar-refractivity contribution in [3.8, 4) is 0 Å². The van der Waals surface area contributed by atoms with Gasteiger partial charge in [0.05, 0.1) is 12.4 Å². The molecule has 1 amide bonds. The molecular formula is C6H14N2OS. The summed E-state index contributed by atoms with van der Waals surface area (Å²) in [4.78, 5) is 10.6. The van der Waals surface area contributed by atoms with Gasteiger partial charge >= 0.3 is 0 Å². The van der Waals surface area contributed by atoms with Gasteiger partial charge in [-0.15, -0.1) is 0 Å². The molecule has 0 aliphatic carbocycles. The summed E-state index contributed by atoms with van der Waals surface area (Å²) in [5.41, 5.74) is 0. The maximum absolute atomic E-state index is 10.6. The lowest BCUT2D eigenvalue weighted by Crippen LogP contribution is -2.37. The zero-order valence-electron chi connectivity index (χ0n) is 6.35. The smallest absolute Gasteiger partial charge is 0.230 e. The molecule has 0 unspecified atom stereocenters. The highest BCUT2D eigenvalue weighted by Crippen LogP contribution is 1.74. The molecule has 0 saturated heterocycles. The third-order valence-electron chi connectivity index (χ3n) is 0.939. The molecule has 3 nitrogen and oxygen atoms in total. The second-order valence-electron chi connectivity index (χ2n) is 2.29. The Balaban J connectivity index is 3.12. The predicted molar refractivity (Wildman–Crippen MR) is 45.1 cm³/mol. The molecule has 60 valence electrons. The van der Waals surface area contributed by atoms with E-state index in [1.165, 1.54) is 0 Å². The van der Waals surface area contributed by atoms with Crippen LogP contribution >= 0.6 is 12.6 Å². The lowest BCUT2D eigenvalue weighted by atomic mass is 10.4. The Morgan fingerprint density at radius 2 is 2.20 bits per heavy atom. The summed E-state index contributed by atoms with van der Waals surface area (Å²) in [6, 6.07) is 0.403. The lowest BCUT2D eigenvalue weighted by molar-refractivity contribution is -0.118. The van der Waals surface area contributed by atoms with Gasteiger partial charge in [0, 0.05) is 6.04 Å². The largest absolute Gasteiger partial charge is 0.343 e. The van der Waals surface area contributed by atoms with Crippen molar-refractivity contribution in [3.05, 3.63) is 0 Å². The summed E-state index contributed by atoms with van der Waals surface area (Å²) < 4.78 is 0. The Labute approximate surface area is 67.0 Å². The topological polar surface area (TPSA) is 41.1 Å². The number of thiol groups is 1. The Morgan fingerprint density at radius 3 is 2.60 bits per heavy atom. The van der Waals surface area contributed by atoms with Crippen molar-refractivity contribution in [2.75, 3.05) is 12.4 Å². The molecule has 4 heteroatoms. The number of carbonyl (C=O) groups is 1. The quantitative estimate of drug-likeness (QED) is 0.402. The summed E-state index contributed by atoms with van der Waals surface area (Å²) in [5, 5.41) is 5.68. The molecule has 0 aromatic carbocycles. The number of carbonyl (C=O) groups excluding carboxylic acids is 1. The molecule has 0 aromatic heterocycles. The van der Waals surface area contributed by atoms with Crippen LogP contribution in [0, 0.1) is 0 Å². The number of hydrogen-bond donors (Lipinski definition) is 3. The van der Waals surface area contributed by atoms with E-state index in [4.69, 9.17) is 0 Å². The van der Waals surface area contributed by atoms with E-state index in [2.05, 4.69) is 23.3 Å². The number of hydrogen-bond acceptors (Lipinski definition) is 3. The monoisotopic (exact) mass is 162 g/mol. The molecule has 10 heavy (non-hydrogen) atoms. The maximum Gasteiger partial charge on any atom is 0.230 e. The molecule has 0 aliphatic rings. The van der Waals surface area contributed by atoms with Gasteiger partial charge in [-0.3, -0.25) is 10.1 Å². The zero-order valence-corrected chi connectivity index (χ0v) is 7.24. The highest BCUT2D eigenvalue weighted by molar-refractivity contribution is 7.81. The predicted octanol–water partition coefficient (Wildman–Crippen LogP) is -0.0121. The first-order valence-corrected chi connectivity index (χ1v) is 3.91. The van der Waals surface area contributed by atoms with Gasteiger partial charge in [0.15, 0.2) is 0 Å². The van der Waals surface area contributed by atoms with Crippen molar-refractivity contribution in [1.82, 2.24) is 10.6 Å². The maximum atomic E-state index is 10.6. The van der Waals surface area contributed by atoms with Gasteiger partial charge < -0.3 is 5.32 Å². The van der Waals surface area contributed by atoms with Crippen LogP contribution in [0.25, 0.3) is 0 Å². The first-order valence-electron chi connectivity index (χ1n) is 3.27. The van der Waals surface area contributed by atoms with Crippen LogP contribution in [0.4, 0.5) is 0 Å². The van der Waals surface area contributed by atoms with Crippen molar-refractivity contribution in [2.45, 2.75) is 19.9 Å². The Hall–Kier alpha value is -0.220. The highest BCUT2D eigenvalue weighted by atomic mass is 32.1. The molecule has 0 aliphatic heterocycles. The second kappa shape index (κ2) is 5.56. The minimum Gasteiger partial charge on any atom is -0.343 e. The fourth-order valence-corrected chi connectivity index (χ4v) is 0.521. The third-order valence-corrected chi connectivity index (χ3v) is 1.23. The fraction of sp³-hybridized carbons (Fsp3) is 0.833. The number of amides is 1. The number of rotatable bonds is 4. The van der Waals surface area contributed by atoms with Crippen molar-refractivity contribution >= 4 is 18.5 Å². The standard InChI is InChI=1S/C6H14N2OS/c1-5(2)7-4-8-6(9)3-10/h5,7,10H,3-4H2,1-2H3,(H,8,9). The summed E-state index contributed by atoms with van der Waals surface area (Å²) in [6.07, 6.45) is 0. The van der Waals surface area contributed by atoms with Crippen LogP contribution in [0.2, 0.25) is 0 Å². The second-order valence-corrected chi connectivity index (χ2v) is 2.61. The van der Waals surface area contributed by atoms with E-state index in [1.807, 2.05) is 13.8 Å².